The van der Waals surface area contributed by atoms with E-state index in [1.54, 1.807) is 48.5 Å². The van der Waals surface area contributed by atoms with Crippen molar-refractivity contribution in [3.05, 3.63) is 65.7 Å². The Morgan fingerprint density at radius 1 is 1.12 bits per heavy atom. The molecule has 2 aromatic rings. The highest BCUT2D eigenvalue weighted by atomic mass is 32.2. The van der Waals surface area contributed by atoms with Crippen molar-refractivity contribution in [2.75, 3.05) is 17.9 Å². The quantitative estimate of drug-likeness (QED) is 0.702. The van der Waals surface area contributed by atoms with Gasteiger partial charge in [0.05, 0.1) is 18.4 Å². The van der Waals surface area contributed by atoms with Gasteiger partial charge in [-0.15, -0.1) is 0 Å². The fraction of sp³-hybridized carbons (Fsp3) is 0.278. The van der Waals surface area contributed by atoms with Crippen molar-refractivity contribution in [3.63, 3.8) is 0 Å². The van der Waals surface area contributed by atoms with Crippen LogP contribution in [0.25, 0.3) is 0 Å². The summed E-state index contributed by atoms with van der Waals surface area (Å²) in [5, 5.41) is 12.1. The summed E-state index contributed by atoms with van der Waals surface area (Å²) in [6.07, 6.45) is -0.479. The van der Waals surface area contributed by atoms with Crippen LogP contribution >= 0.6 is 0 Å². The molecule has 3 rings (SSSR count). The first-order valence-electron chi connectivity index (χ1n) is 8.13. The Bertz CT molecular complexity index is 853. The normalized spacial score (nSPS) is 20.4. The number of hydrogen-bond donors (Lipinski definition) is 3. The molecule has 1 amide bonds. The lowest BCUT2D eigenvalue weighted by molar-refractivity contribution is -0.138. The van der Waals surface area contributed by atoms with Gasteiger partial charge in [-0.25, -0.2) is 8.42 Å². The summed E-state index contributed by atoms with van der Waals surface area (Å²) in [7, 11) is -3.53. The van der Waals surface area contributed by atoms with E-state index in [4.69, 9.17) is 4.74 Å². The van der Waals surface area contributed by atoms with Gasteiger partial charge in [-0.1, -0.05) is 42.5 Å². The van der Waals surface area contributed by atoms with Gasteiger partial charge in [-0.2, -0.15) is 0 Å². The maximum atomic E-state index is 12.3. The molecule has 1 saturated heterocycles. The summed E-state index contributed by atoms with van der Waals surface area (Å²) in [4.78, 5) is 11.3. The zero-order valence-corrected chi connectivity index (χ0v) is 14.8. The van der Waals surface area contributed by atoms with Crippen molar-refractivity contribution in [1.82, 2.24) is 5.32 Å². The molecule has 0 saturated carbocycles. The lowest BCUT2D eigenvalue weighted by Crippen LogP contribution is -2.49. The number of sulfonamides is 1. The van der Waals surface area contributed by atoms with E-state index in [1.807, 2.05) is 6.07 Å². The average Bonchev–Trinajstić information content (AvgIpc) is 2.62. The Morgan fingerprint density at radius 2 is 1.81 bits per heavy atom. The van der Waals surface area contributed by atoms with Crippen LogP contribution in [0.15, 0.2) is 54.6 Å². The second-order valence-electron chi connectivity index (χ2n) is 6.06. The Morgan fingerprint density at radius 3 is 2.46 bits per heavy atom. The van der Waals surface area contributed by atoms with Gasteiger partial charge < -0.3 is 15.2 Å². The SMILES string of the molecule is O=C1COC(c2ccc(NS(=O)(=O)Cc3ccccc3)cc2)C(CO)N1. The smallest absolute Gasteiger partial charge is 0.246 e. The van der Waals surface area contributed by atoms with Gasteiger partial charge in [0.15, 0.2) is 0 Å². The van der Waals surface area contributed by atoms with Gasteiger partial charge in [0, 0.05) is 5.69 Å². The zero-order valence-electron chi connectivity index (χ0n) is 14.0. The molecule has 1 aliphatic rings. The summed E-state index contributed by atoms with van der Waals surface area (Å²) in [6, 6.07) is 15.1. The summed E-state index contributed by atoms with van der Waals surface area (Å²) in [6.45, 7) is -0.325. The lowest BCUT2D eigenvalue weighted by Gasteiger charge is -2.31. The number of rotatable bonds is 6. The van der Waals surface area contributed by atoms with Gasteiger partial charge in [-0.3, -0.25) is 9.52 Å². The first-order chi connectivity index (χ1) is 12.5. The van der Waals surface area contributed by atoms with Crippen LogP contribution in [0.3, 0.4) is 0 Å². The van der Waals surface area contributed by atoms with Crippen LogP contribution in [0.1, 0.15) is 17.2 Å². The number of nitrogens with one attached hydrogen (secondary N) is 2. The number of benzene rings is 2. The number of carbonyl (C=O) groups is 1. The zero-order chi connectivity index (χ0) is 18.6. The number of anilines is 1. The molecule has 1 fully saturated rings. The van der Waals surface area contributed by atoms with Crippen LogP contribution < -0.4 is 10.0 Å². The predicted molar refractivity (Wildman–Crippen MR) is 96.8 cm³/mol. The van der Waals surface area contributed by atoms with E-state index in [1.165, 1.54) is 0 Å². The highest BCUT2D eigenvalue weighted by molar-refractivity contribution is 7.91. The second kappa shape index (κ2) is 7.86. The second-order valence-corrected chi connectivity index (χ2v) is 7.78. The fourth-order valence-electron chi connectivity index (χ4n) is 2.83. The number of aliphatic hydroxyl groups is 1. The highest BCUT2D eigenvalue weighted by Crippen LogP contribution is 2.25. The molecule has 138 valence electrons. The fourth-order valence-corrected chi connectivity index (χ4v) is 4.02. The molecule has 2 aromatic carbocycles. The first kappa shape index (κ1) is 18.4. The minimum atomic E-state index is -3.53. The van der Waals surface area contributed by atoms with Crippen LogP contribution in [-0.2, 0) is 25.3 Å². The average molecular weight is 376 g/mol. The lowest BCUT2D eigenvalue weighted by atomic mass is 10.0. The minimum absolute atomic E-state index is 0.0768. The van der Waals surface area contributed by atoms with Crippen molar-refractivity contribution in [2.45, 2.75) is 17.9 Å². The largest absolute Gasteiger partial charge is 0.394 e. The van der Waals surface area contributed by atoms with Crippen molar-refractivity contribution in [3.8, 4) is 0 Å². The third-order valence-electron chi connectivity index (χ3n) is 4.01. The molecule has 1 aliphatic heterocycles. The van der Waals surface area contributed by atoms with E-state index >= 15 is 0 Å². The van der Waals surface area contributed by atoms with Gasteiger partial charge in [0.2, 0.25) is 15.9 Å². The number of amides is 1. The maximum Gasteiger partial charge on any atom is 0.246 e. The topological polar surface area (TPSA) is 105 Å². The van der Waals surface area contributed by atoms with Crippen molar-refractivity contribution < 1.29 is 23.1 Å². The number of hydrogen-bond acceptors (Lipinski definition) is 5. The number of aliphatic hydroxyl groups excluding tert-OH is 1. The van der Waals surface area contributed by atoms with E-state index in [0.29, 0.717) is 11.3 Å². The Balaban J connectivity index is 1.68. The predicted octanol–water partition coefficient (Wildman–Crippen LogP) is 1.18. The van der Waals surface area contributed by atoms with E-state index in [9.17, 15) is 18.3 Å². The Kier molecular flexibility index (Phi) is 5.55. The third-order valence-corrected chi connectivity index (χ3v) is 5.27. The maximum absolute atomic E-state index is 12.3. The standard InChI is InChI=1S/C18H20N2O5S/c21-10-16-18(25-11-17(22)19-16)14-6-8-15(9-7-14)20-26(23,24)12-13-4-2-1-3-5-13/h1-9,16,18,20-21H,10-12H2,(H,19,22). The molecule has 2 unspecified atom stereocenters. The van der Waals surface area contributed by atoms with E-state index in [2.05, 4.69) is 10.0 Å². The van der Waals surface area contributed by atoms with E-state index < -0.39 is 22.2 Å². The molecule has 1 heterocycles. The molecule has 0 aliphatic carbocycles. The molecule has 7 nitrogen and oxygen atoms in total. The molecule has 0 spiro atoms. The van der Waals surface area contributed by atoms with Crippen molar-refractivity contribution >= 4 is 21.6 Å². The van der Waals surface area contributed by atoms with Crippen LogP contribution in [0, 0.1) is 0 Å². The summed E-state index contributed by atoms with van der Waals surface area (Å²) in [5.41, 5.74) is 1.88. The number of carbonyl (C=O) groups excluding carboxylic acids is 1. The number of morpholine rings is 1. The first-order valence-corrected chi connectivity index (χ1v) is 9.78. The highest BCUT2D eigenvalue weighted by Gasteiger charge is 2.30. The van der Waals surface area contributed by atoms with Gasteiger partial charge in [0.25, 0.3) is 0 Å². The van der Waals surface area contributed by atoms with Gasteiger partial charge >= 0.3 is 0 Å². The molecule has 2 atom stereocenters. The minimum Gasteiger partial charge on any atom is -0.394 e. The molecule has 0 bridgehead atoms. The van der Waals surface area contributed by atoms with Gasteiger partial charge in [0.1, 0.15) is 12.7 Å². The van der Waals surface area contributed by atoms with Crippen LogP contribution in [0.5, 0.6) is 0 Å². The van der Waals surface area contributed by atoms with Crippen LogP contribution in [-0.4, -0.2) is 38.7 Å². The van der Waals surface area contributed by atoms with Crippen LogP contribution in [0.2, 0.25) is 0 Å². The molecular weight excluding hydrogens is 356 g/mol. The summed E-state index contributed by atoms with van der Waals surface area (Å²) < 4.78 is 32.6. The van der Waals surface area contributed by atoms with Crippen molar-refractivity contribution in [1.29, 1.82) is 0 Å². The van der Waals surface area contributed by atoms with Crippen LogP contribution in [0.4, 0.5) is 5.69 Å². The summed E-state index contributed by atoms with van der Waals surface area (Å²) in [5.74, 6) is -0.384. The van der Waals surface area contributed by atoms with Gasteiger partial charge in [-0.05, 0) is 23.3 Å². The Hall–Kier alpha value is -2.42. The number of ether oxygens (including phenoxy) is 1. The molecule has 8 heteroatoms. The summed E-state index contributed by atoms with van der Waals surface area (Å²) >= 11 is 0. The third kappa shape index (κ3) is 4.60. The molecule has 0 radical (unpaired) electrons. The Labute approximate surface area is 152 Å². The van der Waals surface area contributed by atoms with E-state index in [0.717, 1.165) is 5.56 Å². The monoisotopic (exact) mass is 376 g/mol. The molecular formula is C18H20N2O5S. The molecule has 26 heavy (non-hydrogen) atoms. The van der Waals surface area contributed by atoms with E-state index in [-0.39, 0.29) is 24.9 Å². The molecule has 3 N–H and O–H groups in total. The van der Waals surface area contributed by atoms with Crippen molar-refractivity contribution in [2.24, 2.45) is 0 Å². The molecule has 0 aromatic heterocycles.